The molecule has 106 valence electrons. The summed E-state index contributed by atoms with van der Waals surface area (Å²) in [6.45, 7) is 10.8. The molecular weight excluding hydrogens is 236 g/mol. The van der Waals surface area contributed by atoms with Crippen LogP contribution in [0.3, 0.4) is 0 Å². The van der Waals surface area contributed by atoms with Crippen LogP contribution in [0.4, 0.5) is 11.6 Å². The van der Waals surface area contributed by atoms with E-state index >= 15 is 0 Å². The lowest BCUT2D eigenvalue weighted by atomic mass is 10.1. The summed E-state index contributed by atoms with van der Waals surface area (Å²) in [7, 11) is 0. The van der Waals surface area contributed by atoms with E-state index in [-0.39, 0.29) is 0 Å². The van der Waals surface area contributed by atoms with Gasteiger partial charge in [-0.05, 0) is 46.0 Å². The monoisotopic (exact) mass is 262 g/mol. The smallest absolute Gasteiger partial charge is 0.137 e. The molecule has 1 N–H and O–H groups in total. The number of hydrogen-bond acceptors (Lipinski definition) is 4. The third-order valence-corrected chi connectivity index (χ3v) is 3.67. The zero-order chi connectivity index (χ0) is 13.8. The lowest BCUT2D eigenvalue weighted by Crippen LogP contribution is -2.34. The van der Waals surface area contributed by atoms with Gasteiger partial charge in [0.2, 0.25) is 0 Å². The highest BCUT2D eigenvalue weighted by Crippen LogP contribution is 2.33. The molecule has 2 rings (SSSR count). The maximum absolute atomic E-state index is 4.57. The van der Waals surface area contributed by atoms with Crippen molar-refractivity contribution in [2.75, 3.05) is 23.3 Å². The van der Waals surface area contributed by atoms with E-state index in [0.29, 0.717) is 6.04 Å². The molecule has 1 aliphatic rings. The molecule has 0 radical (unpaired) electrons. The van der Waals surface area contributed by atoms with Crippen molar-refractivity contribution in [3.05, 3.63) is 11.9 Å². The molecule has 19 heavy (non-hydrogen) atoms. The van der Waals surface area contributed by atoms with Gasteiger partial charge in [-0.15, -0.1) is 0 Å². The van der Waals surface area contributed by atoms with Crippen LogP contribution in [0.1, 0.15) is 46.1 Å². The number of nitrogens with zero attached hydrogens (tertiary/aromatic N) is 3. The van der Waals surface area contributed by atoms with Gasteiger partial charge in [-0.25, -0.2) is 9.97 Å². The van der Waals surface area contributed by atoms with Crippen molar-refractivity contribution in [2.45, 2.75) is 53.0 Å². The average molecular weight is 262 g/mol. The van der Waals surface area contributed by atoms with Crippen molar-refractivity contribution < 1.29 is 0 Å². The molecule has 0 aliphatic heterocycles. The van der Waals surface area contributed by atoms with Crippen LogP contribution >= 0.6 is 0 Å². The van der Waals surface area contributed by atoms with Gasteiger partial charge < -0.3 is 10.2 Å². The van der Waals surface area contributed by atoms with Crippen LogP contribution in [0, 0.1) is 5.92 Å². The Hall–Kier alpha value is -1.32. The Labute approximate surface area is 116 Å². The molecule has 1 heterocycles. The topological polar surface area (TPSA) is 41.1 Å². The zero-order valence-corrected chi connectivity index (χ0v) is 12.6. The Morgan fingerprint density at radius 3 is 2.58 bits per heavy atom. The van der Waals surface area contributed by atoms with E-state index in [0.717, 1.165) is 37.1 Å². The fourth-order valence-electron chi connectivity index (χ4n) is 2.42. The summed E-state index contributed by atoms with van der Waals surface area (Å²) in [6.07, 6.45) is 5.40. The van der Waals surface area contributed by atoms with Crippen molar-refractivity contribution in [3.63, 3.8) is 0 Å². The Morgan fingerprint density at radius 2 is 2.05 bits per heavy atom. The molecule has 1 aliphatic carbocycles. The highest BCUT2D eigenvalue weighted by molar-refractivity contribution is 5.59. The quantitative estimate of drug-likeness (QED) is 0.820. The first kappa shape index (κ1) is 14.1. The van der Waals surface area contributed by atoms with Crippen LogP contribution in [-0.4, -0.2) is 29.1 Å². The van der Waals surface area contributed by atoms with Crippen LogP contribution in [0.25, 0.3) is 0 Å². The standard InChI is InChI=1S/C15H26N4/c1-5-13-14(16-6-2)17-10-18-15(13)19(11(3)4)9-12-7-8-12/h10-12H,5-9H2,1-4H3,(H,16,17,18). The SMILES string of the molecule is CCNc1ncnc(N(CC2CC2)C(C)C)c1CC. The lowest BCUT2D eigenvalue weighted by molar-refractivity contribution is 0.632. The van der Waals surface area contributed by atoms with E-state index in [9.17, 15) is 0 Å². The number of aromatic nitrogens is 2. The number of rotatable bonds is 7. The average Bonchev–Trinajstić information content (AvgIpc) is 3.20. The Kier molecular flexibility index (Phi) is 4.61. The van der Waals surface area contributed by atoms with Gasteiger partial charge in [0.25, 0.3) is 0 Å². The van der Waals surface area contributed by atoms with E-state index < -0.39 is 0 Å². The summed E-state index contributed by atoms with van der Waals surface area (Å²) >= 11 is 0. The summed E-state index contributed by atoms with van der Waals surface area (Å²) in [5, 5.41) is 3.35. The van der Waals surface area contributed by atoms with Crippen LogP contribution in [0.2, 0.25) is 0 Å². The van der Waals surface area contributed by atoms with Crippen molar-refractivity contribution >= 4 is 11.6 Å². The van der Waals surface area contributed by atoms with Gasteiger partial charge in [0.15, 0.2) is 0 Å². The van der Waals surface area contributed by atoms with Crippen molar-refractivity contribution in [1.82, 2.24) is 9.97 Å². The van der Waals surface area contributed by atoms with Crippen LogP contribution in [-0.2, 0) is 6.42 Å². The molecule has 0 bridgehead atoms. The van der Waals surface area contributed by atoms with Gasteiger partial charge in [0.05, 0.1) is 0 Å². The molecule has 1 saturated carbocycles. The first-order valence-corrected chi connectivity index (χ1v) is 7.51. The van der Waals surface area contributed by atoms with Gasteiger partial charge >= 0.3 is 0 Å². The molecule has 1 fully saturated rings. The first-order chi connectivity index (χ1) is 9.17. The Bertz CT molecular complexity index is 413. The van der Waals surface area contributed by atoms with E-state index in [4.69, 9.17) is 0 Å². The lowest BCUT2D eigenvalue weighted by Gasteiger charge is -2.30. The zero-order valence-electron chi connectivity index (χ0n) is 12.6. The third kappa shape index (κ3) is 3.37. The van der Waals surface area contributed by atoms with Crippen molar-refractivity contribution in [2.24, 2.45) is 5.92 Å². The van der Waals surface area contributed by atoms with Crippen LogP contribution < -0.4 is 10.2 Å². The minimum Gasteiger partial charge on any atom is -0.370 e. The molecule has 0 atom stereocenters. The largest absolute Gasteiger partial charge is 0.370 e. The number of anilines is 2. The molecule has 1 aromatic rings. The number of hydrogen-bond donors (Lipinski definition) is 1. The maximum atomic E-state index is 4.57. The van der Waals surface area contributed by atoms with E-state index in [1.807, 2.05) is 0 Å². The van der Waals surface area contributed by atoms with E-state index in [1.165, 1.54) is 18.4 Å². The summed E-state index contributed by atoms with van der Waals surface area (Å²) in [6, 6.07) is 0.482. The molecule has 0 unspecified atom stereocenters. The normalized spacial score (nSPS) is 14.8. The number of nitrogens with one attached hydrogen (secondary N) is 1. The fraction of sp³-hybridized carbons (Fsp3) is 0.733. The van der Waals surface area contributed by atoms with Crippen molar-refractivity contribution in [3.8, 4) is 0 Å². The Balaban J connectivity index is 2.31. The molecule has 0 aromatic carbocycles. The second-order valence-corrected chi connectivity index (χ2v) is 5.60. The minimum atomic E-state index is 0.482. The Morgan fingerprint density at radius 1 is 1.32 bits per heavy atom. The minimum absolute atomic E-state index is 0.482. The molecule has 1 aromatic heterocycles. The van der Waals surface area contributed by atoms with Gasteiger partial charge in [0, 0.05) is 24.7 Å². The maximum Gasteiger partial charge on any atom is 0.137 e. The first-order valence-electron chi connectivity index (χ1n) is 7.51. The molecule has 4 nitrogen and oxygen atoms in total. The summed E-state index contributed by atoms with van der Waals surface area (Å²) < 4.78 is 0. The second-order valence-electron chi connectivity index (χ2n) is 5.60. The van der Waals surface area contributed by atoms with Crippen molar-refractivity contribution in [1.29, 1.82) is 0 Å². The predicted octanol–water partition coefficient (Wildman–Crippen LogP) is 3.10. The van der Waals surface area contributed by atoms with Crippen LogP contribution in [0.5, 0.6) is 0 Å². The van der Waals surface area contributed by atoms with Gasteiger partial charge in [0.1, 0.15) is 18.0 Å². The highest BCUT2D eigenvalue weighted by atomic mass is 15.2. The summed E-state index contributed by atoms with van der Waals surface area (Å²) in [4.78, 5) is 11.4. The van der Waals surface area contributed by atoms with Gasteiger partial charge in [-0.1, -0.05) is 6.92 Å². The molecule has 0 saturated heterocycles. The van der Waals surface area contributed by atoms with E-state index in [2.05, 4.69) is 47.9 Å². The van der Waals surface area contributed by atoms with Gasteiger partial charge in [-0.2, -0.15) is 0 Å². The second kappa shape index (κ2) is 6.22. The molecule has 0 amide bonds. The van der Waals surface area contributed by atoms with Gasteiger partial charge in [-0.3, -0.25) is 0 Å². The third-order valence-electron chi connectivity index (χ3n) is 3.67. The summed E-state index contributed by atoms with van der Waals surface area (Å²) in [5.74, 6) is 2.98. The fourth-order valence-corrected chi connectivity index (χ4v) is 2.42. The summed E-state index contributed by atoms with van der Waals surface area (Å²) in [5.41, 5.74) is 1.25. The molecule has 0 spiro atoms. The molecular formula is C15H26N4. The highest BCUT2D eigenvalue weighted by Gasteiger charge is 2.27. The predicted molar refractivity (Wildman–Crippen MR) is 80.8 cm³/mol. The van der Waals surface area contributed by atoms with E-state index in [1.54, 1.807) is 6.33 Å². The van der Waals surface area contributed by atoms with Crippen LogP contribution in [0.15, 0.2) is 6.33 Å². The molecule has 4 heteroatoms.